The summed E-state index contributed by atoms with van der Waals surface area (Å²) < 4.78 is 0. The summed E-state index contributed by atoms with van der Waals surface area (Å²) in [7, 11) is 0. The number of nitrogens with zero attached hydrogens (tertiary/aromatic N) is 1. The fourth-order valence-corrected chi connectivity index (χ4v) is 3.03. The first-order valence-electron chi connectivity index (χ1n) is 9.23. The average molecular weight is 361 g/mol. The van der Waals surface area contributed by atoms with Crippen molar-refractivity contribution in [3.63, 3.8) is 0 Å². The molecule has 0 radical (unpaired) electrons. The fourth-order valence-electron chi connectivity index (χ4n) is 3.03. The van der Waals surface area contributed by atoms with Gasteiger partial charge in [-0.1, -0.05) is 13.8 Å². The first kappa shape index (κ1) is 20.0. The highest BCUT2D eigenvalue weighted by molar-refractivity contribution is 6.01. The van der Waals surface area contributed by atoms with Gasteiger partial charge in [-0.3, -0.25) is 9.59 Å². The summed E-state index contributed by atoms with van der Waals surface area (Å²) in [6.07, 6.45) is 0. The molecule has 1 atom stereocenters. The molecule has 1 aliphatic rings. The average Bonchev–Trinajstić information content (AvgIpc) is 2.59. The molecule has 2 rings (SSSR count). The molecule has 0 saturated carbocycles. The maximum Gasteiger partial charge on any atom is 0.253 e. The van der Waals surface area contributed by atoms with Crippen molar-refractivity contribution >= 4 is 23.2 Å². The third-order valence-electron chi connectivity index (χ3n) is 4.52. The van der Waals surface area contributed by atoms with Crippen LogP contribution in [0.15, 0.2) is 18.2 Å². The van der Waals surface area contributed by atoms with Crippen molar-refractivity contribution in [3.8, 4) is 0 Å². The zero-order chi connectivity index (χ0) is 19.3. The normalized spacial score (nSPS) is 17.5. The smallest absolute Gasteiger partial charge is 0.253 e. The predicted octanol–water partition coefficient (Wildman–Crippen LogP) is 0.957. The number of carbonyl (C=O) groups is 2. The molecule has 5 N–H and O–H groups in total. The van der Waals surface area contributed by atoms with Gasteiger partial charge >= 0.3 is 0 Å². The Kier molecular flexibility index (Phi) is 6.85. The SMILES string of the molecule is CC(C)NC(=O)CNC(=O)c1cc(N2CCNC(C(C)C)C2)ccc1N. The molecule has 1 heterocycles. The van der Waals surface area contributed by atoms with Gasteiger partial charge in [0.2, 0.25) is 5.91 Å². The van der Waals surface area contributed by atoms with Crippen LogP contribution in [0.25, 0.3) is 0 Å². The van der Waals surface area contributed by atoms with Gasteiger partial charge in [-0.2, -0.15) is 0 Å². The number of nitrogens with two attached hydrogens (primary N) is 1. The minimum absolute atomic E-state index is 0.0365. The second-order valence-electron chi connectivity index (χ2n) is 7.43. The number of hydrogen-bond acceptors (Lipinski definition) is 5. The van der Waals surface area contributed by atoms with Gasteiger partial charge < -0.3 is 26.6 Å². The second kappa shape index (κ2) is 8.89. The fraction of sp³-hybridized carbons (Fsp3) is 0.579. The highest BCUT2D eigenvalue weighted by Crippen LogP contribution is 2.23. The van der Waals surface area contributed by atoms with Gasteiger partial charge in [0.15, 0.2) is 0 Å². The van der Waals surface area contributed by atoms with E-state index >= 15 is 0 Å². The maximum absolute atomic E-state index is 12.5. The molecule has 7 nitrogen and oxygen atoms in total. The van der Waals surface area contributed by atoms with Gasteiger partial charge in [-0.05, 0) is 38.0 Å². The highest BCUT2D eigenvalue weighted by atomic mass is 16.2. The van der Waals surface area contributed by atoms with E-state index in [-0.39, 0.29) is 24.4 Å². The van der Waals surface area contributed by atoms with Gasteiger partial charge in [0.05, 0.1) is 12.1 Å². The first-order valence-corrected chi connectivity index (χ1v) is 9.23. The lowest BCUT2D eigenvalue weighted by atomic mass is 10.0. The molecule has 1 saturated heterocycles. The van der Waals surface area contributed by atoms with Crippen molar-refractivity contribution < 1.29 is 9.59 Å². The molecule has 0 aromatic heterocycles. The summed E-state index contributed by atoms with van der Waals surface area (Å²) >= 11 is 0. The molecule has 26 heavy (non-hydrogen) atoms. The van der Waals surface area contributed by atoms with Crippen molar-refractivity contribution in [1.29, 1.82) is 0 Å². The Morgan fingerprint density at radius 2 is 2.04 bits per heavy atom. The van der Waals surface area contributed by atoms with E-state index in [4.69, 9.17) is 5.73 Å². The van der Waals surface area contributed by atoms with Gasteiger partial charge in [0, 0.05) is 43.1 Å². The molecule has 7 heteroatoms. The number of benzene rings is 1. The van der Waals surface area contributed by atoms with E-state index in [1.54, 1.807) is 6.07 Å². The summed E-state index contributed by atoms with van der Waals surface area (Å²) in [6.45, 7) is 10.8. The molecule has 0 bridgehead atoms. The predicted molar refractivity (Wildman–Crippen MR) is 105 cm³/mol. The van der Waals surface area contributed by atoms with Crippen molar-refractivity contribution in [1.82, 2.24) is 16.0 Å². The Morgan fingerprint density at radius 1 is 1.31 bits per heavy atom. The van der Waals surface area contributed by atoms with E-state index in [9.17, 15) is 9.59 Å². The molecule has 0 spiro atoms. The van der Waals surface area contributed by atoms with E-state index in [2.05, 4.69) is 34.7 Å². The minimum atomic E-state index is -0.334. The number of carbonyl (C=O) groups excluding carboxylic acids is 2. The minimum Gasteiger partial charge on any atom is -0.398 e. The van der Waals surface area contributed by atoms with E-state index in [1.807, 2.05) is 26.0 Å². The van der Waals surface area contributed by atoms with Crippen molar-refractivity contribution in [3.05, 3.63) is 23.8 Å². The van der Waals surface area contributed by atoms with Crippen LogP contribution >= 0.6 is 0 Å². The van der Waals surface area contributed by atoms with E-state index < -0.39 is 0 Å². The Balaban J connectivity index is 2.06. The molecule has 1 aliphatic heterocycles. The third-order valence-corrected chi connectivity index (χ3v) is 4.52. The van der Waals surface area contributed by atoms with Crippen LogP contribution in [0.1, 0.15) is 38.1 Å². The Labute approximate surface area is 155 Å². The number of piperazine rings is 1. The van der Waals surface area contributed by atoms with Gasteiger partial charge in [-0.15, -0.1) is 0 Å². The largest absolute Gasteiger partial charge is 0.398 e. The Bertz CT molecular complexity index is 645. The number of nitrogens with one attached hydrogen (secondary N) is 3. The number of nitrogen functional groups attached to an aromatic ring is 1. The molecule has 1 aromatic rings. The molecule has 2 amide bonds. The molecule has 1 unspecified atom stereocenters. The molecule has 1 aromatic carbocycles. The summed E-state index contributed by atoms with van der Waals surface area (Å²) in [4.78, 5) is 26.4. The van der Waals surface area contributed by atoms with Gasteiger partial charge in [0.1, 0.15) is 0 Å². The molecule has 1 fully saturated rings. The second-order valence-corrected chi connectivity index (χ2v) is 7.43. The molecule has 0 aliphatic carbocycles. The van der Waals surface area contributed by atoms with Gasteiger partial charge in [0.25, 0.3) is 5.91 Å². The van der Waals surface area contributed by atoms with Crippen LogP contribution < -0.4 is 26.6 Å². The first-order chi connectivity index (χ1) is 12.3. The van der Waals surface area contributed by atoms with Crippen LogP contribution in [0.4, 0.5) is 11.4 Å². The highest BCUT2D eigenvalue weighted by Gasteiger charge is 2.23. The lowest BCUT2D eigenvalue weighted by molar-refractivity contribution is -0.120. The third kappa shape index (κ3) is 5.36. The van der Waals surface area contributed by atoms with Crippen LogP contribution in [-0.4, -0.2) is 50.1 Å². The van der Waals surface area contributed by atoms with E-state index in [0.29, 0.717) is 23.2 Å². The van der Waals surface area contributed by atoms with Crippen LogP contribution in [0.5, 0.6) is 0 Å². The number of amides is 2. The number of hydrogen-bond donors (Lipinski definition) is 4. The van der Waals surface area contributed by atoms with Crippen molar-refractivity contribution in [2.75, 3.05) is 36.8 Å². The van der Waals surface area contributed by atoms with Gasteiger partial charge in [-0.25, -0.2) is 0 Å². The van der Waals surface area contributed by atoms with Crippen LogP contribution in [0.3, 0.4) is 0 Å². The quantitative estimate of drug-likeness (QED) is 0.566. The zero-order valence-corrected chi connectivity index (χ0v) is 16.1. The zero-order valence-electron chi connectivity index (χ0n) is 16.1. The lowest BCUT2D eigenvalue weighted by Gasteiger charge is -2.37. The van der Waals surface area contributed by atoms with Crippen LogP contribution in [0.2, 0.25) is 0 Å². The van der Waals surface area contributed by atoms with E-state index in [1.165, 1.54) is 0 Å². The monoisotopic (exact) mass is 361 g/mol. The topological polar surface area (TPSA) is 99.5 Å². The van der Waals surface area contributed by atoms with Crippen LogP contribution in [-0.2, 0) is 4.79 Å². The lowest BCUT2D eigenvalue weighted by Crippen LogP contribution is -2.53. The van der Waals surface area contributed by atoms with Crippen LogP contribution in [0, 0.1) is 5.92 Å². The maximum atomic E-state index is 12.5. The van der Waals surface area contributed by atoms with Crippen molar-refractivity contribution in [2.24, 2.45) is 5.92 Å². The summed E-state index contributed by atoms with van der Waals surface area (Å²) in [5.41, 5.74) is 7.78. The number of anilines is 2. The Hall–Kier alpha value is -2.28. The van der Waals surface area contributed by atoms with Crippen molar-refractivity contribution in [2.45, 2.75) is 39.8 Å². The number of rotatable bonds is 6. The summed E-state index contributed by atoms with van der Waals surface area (Å²) in [6, 6.07) is 5.96. The molecule has 144 valence electrons. The summed E-state index contributed by atoms with van der Waals surface area (Å²) in [5.74, 6) is -0.0161. The van der Waals surface area contributed by atoms with E-state index in [0.717, 1.165) is 25.3 Å². The molecular weight excluding hydrogens is 330 g/mol. The standard InChI is InChI=1S/C19H31N5O2/c1-12(2)17-11-24(8-7-21-17)14-5-6-16(20)15(9-14)19(26)22-10-18(25)23-13(3)4/h5-6,9,12-13,17,21H,7-8,10-11,20H2,1-4H3,(H,22,26)(H,23,25). The summed E-state index contributed by atoms with van der Waals surface area (Å²) in [5, 5.41) is 8.91. The molecular formula is C19H31N5O2. The Morgan fingerprint density at radius 3 is 2.69 bits per heavy atom.